The Balaban J connectivity index is 0.000000277. The van der Waals surface area contributed by atoms with Crippen LogP contribution in [0.5, 0.6) is 5.75 Å². The molecule has 1 heterocycles. The molecule has 0 amide bonds. The summed E-state index contributed by atoms with van der Waals surface area (Å²) in [4.78, 5) is 8.90. The molecule has 0 unspecified atom stereocenters. The van der Waals surface area contributed by atoms with Crippen molar-refractivity contribution in [1.29, 1.82) is 0 Å². The van der Waals surface area contributed by atoms with Crippen LogP contribution in [0.2, 0.25) is 0 Å². The minimum absolute atomic E-state index is 0.219. The third-order valence-electron chi connectivity index (χ3n) is 3.33. The number of nitrogens with one attached hydrogen (secondary N) is 1. The lowest BCUT2D eigenvalue weighted by Crippen LogP contribution is -2.21. The largest absolute Gasteiger partial charge is 0.491 e. The number of hydrogen-bond acceptors (Lipinski definition) is 3. The van der Waals surface area contributed by atoms with Crippen molar-refractivity contribution in [3.8, 4) is 16.9 Å². The second kappa shape index (κ2) is 7.98. The maximum absolute atomic E-state index is 13.0. The molecule has 2 aromatic rings. The van der Waals surface area contributed by atoms with E-state index in [1.807, 2.05) is 12.1 Å². The molecule has 2 N–H and O–H groups in total. The summed E-state index contributed by atoms with van der Waals surface area (Å²) in [5.74, 6) is -2.06. The predicted octanol–water partition coefficient (Wildman–Crippen LogP) is 3.61. The Labute approximate surface area is 141 Å². The lowest BCUT2D eigenvalue weighted by molar-refractivity contribution is -0.192. The lowest BCUT2D eigenvalue weighted by Gasteiger charge is -2.12. The van der Waals surface area contributed by atoms with Crippen molar-refractivity contribution in [2.24, 2.45) is 0 Å². The minimum Gasteiger partial charge on any atom is -0.491 e. The second-order valence-corrected chi connectivity index (χ2v) is 5.13. The number of alkyl halides is 3. The number of hydrogen-bond donors (Lipinski definition) is 2. The molecule has 2 aromatic carbocycles. The van der Waals surface area contributed by atoms with E-state index in [1.165, 1.54) is 12.1 Å². The Bertz CT molecular complexity index is 730. The molecule has 0 saturated heterocycles. The minimum atomic E-state index is -5.08. The molecule has 25 heavy (non-hydrogen) atoms. The Hall–Kier alpha value is -2.61. The van der Waals surface area contributed by atoms with Crippen molar-refractivity contribution in [1.82, 2.24) is 5.32 Å². The summed E-state index contributed by atoms with van der Waals surface area (Å²) in [6, 6.07) is 12.6. The van der Waals surface area contributed by atoms with E-state index in [9.17, 15) is 17.6 Å². The normalized spacial score (nSPS) is 13.6. The summed E-state index contributed by atoms with van der Waals surface area (Å²) < 4.78 is 50.5. The summed E-state index contributed by atoms with van der Waals surface area (Å²) in [6.45, 7) is 2.31. The number of fused-ring (bicyclic) bond motifs is 1. The van der Waals surface area contributed by atoms with Gasteiger partial charge in [-0.1, -0.05) is 30.3 Å². The van der Waals surface area contributed by atoms with Gasteiger partial charge in [-0.2, -0.15) is 13.2 Å². The van der Waals surface area contributed by atoms with Gasteiger partial charge in [0.2, 0.25) is 0 Å². The number of aliphatic carboxylic acids is 1. The predicted molar refractivity (Wildman–Crippen MR) is 82.7 cm³/mol. The Morgan fingerprint density at radius 3 is 2.36 bits per heavy atom. The Morgan fingerprint density at radius 1 is 1.12 bits per heavy atom. The molecule has 8 heteroatoms. The number of carbonyl (C=O) groups is 1. The van der Waals surface area contributed by atoms with E-state index in [0.29, 0.717) is 6.61 Å². The molecule has 0 bridgehead atoms. The number of halogens is 4. The molecule has 0 fully saturated rings. The average molecular weight is 357 g/mol. The van der Waals surface area contributed by atoms with E-state index in [0.717, 1.165) is 35.5 Å². The van der Waals surface area contributed by atoms with E-state index in [4.69, 9.17) is 14.6 Å². The molecular weight excluding hydrogens is 342 g/mol. The quantitative estimate of drug-likeness (QED) is 0.766. The fourth-order valence-electron chi connectivity index (χ4n) is 2.20. The van der Waals surface area contributed by atoms with Crippen molar-refractivity contribution in [2.75, 3.05) is 13.2 Å². The lowest BCUT2D eigenvalue weighted by atomic mass is 10.0. The van der Waals surface area contributed by atoms with Gasteiger partial charge in [0.1, 0.15) is 18.2 Å². The fourth-order valence-corrected chi connectivity index (χ4v) is 2.20. The first kappa shape index (κ1) is 18.7. The molecule has 1 aliphatic heterocycles. The number of rotatable bonds is 1. The van der Waals surface area contributed by atoms with Gasteiger partial charge in [-0.05, 0) is 17.7 Å². The smallest absolute Gasteiger partial charge is 0.490 e. The average Bonchev–Trinajstić information content (AvgIpc) is 2.80. The summed E-state index contributed by atoms with van der Waals surface area (Å²) >= 11 is 0. The molecular formula is C17H15F4NO3. The SMILES string of the molecule is Fc1ccc(-c2cccc3c2OCCNC3)cc1.O=C(O)C(F)(F)F. The first-order valence-electron chi connectivity index (χ1n) is 7.30. The number of para-hydroxylation sites is 1. The van der Waals surface area contributed by atoms with Crippen LogP contribution in [0.1, 0.15) is 5.56 Å². The second-order valence-electron chi connectivity index (χ2n) is 5.13. The van der Waals surface area contributed by atoms with Crippen LogP contribution in [0.4, 0.5) is 17.6 Å². The maximum atomic E-state index is 13.0. The highest BCUT2D eigenvalue weighted by Crippen LogP contribution is 2.34. The summed E-state index contributed by atoms with van der Waals surface area (Å²) in [5, 5.41) is 10.4. The van der Waals surface area contributed by atoms with E-state index in [2.05, 4.69) is 11.4 Å². The first-order valence-corrected chi connectivity index (χ1v) is 7.30. The zero-order valence-corrected chi connectivity index (χ0v) is 12.9. The van der Waals surface area contributed by atoms with E-state index >= 15 is 0 Å². The standard InChI is InChI=1S/C15H14FNO.C2HF3O2/c16-13-6-4-11(5-7-13)14-3-1-2-12-10-17-8-9-18-15(12)14;3-2(4,5)1(6)7/h1-7,17H,8-10H2;(H,6,7). The maximum Gasteiger partial charge on any atom is 0.490 e. The van der Waals surface area contributed by atoms with E-state index < -0.39 is 12.1 Å². The molecule has 1 aliphatic rings. The van der Waals surface area contributed by atoms with Gasteiger partial charge < -0.3 is 15.2 Å². The van der Waals surface area contributed by atoms with Crippen LogP contribution in [0.25, 0.3) is 11.1 Å². The topological polar surface area (TPSA) is 58.6 Å². The van der Waals surface area contributed by atoms with Crippen molar-refractivity contribution >= 4 is 5.97 Å². The van der Waals surface area contributed by atoms with Crippen LogP contribution in [0.3, 0.4) is 0 Å². The van der Waals surface area contributed by atoms with E-state index in [1.54, 1.807) is 12.1 Å². The van der Waals surface area contributed by atoms with Gasteiger partial charge in [0.05, 0.1) is 0 Å². The third kappa shape index (κ3) is 5.18. The highest BCUT2D eigenvalue weighted by Gasteiger charge is 2.38. The first-order chi connectivity index (χ1) is 11.8. The van der Waals surface area contributed by atoms with Crippen LogP contribution in [0, 0.1) is 5.82 Å². The van der Waals surface area contributed by atoms with Crippen LogP contribution in [-0.4, -0.2) is 30.4 Å². The van der Waals surface area contributed by atoms with Crippen LogP contribution in [-0.2, 0) is 11.3 Å². The van der Waals surface area contributed by atoms with Gasteiger partial charge in [-0.15, -0.1) is 0 Å². The third-order valence-corrected chi connectivity index (χ3v) is 3.33. The molecule has 0 spiro atoms. The van der Waals surface area contributed by atoms with Crippen LogP contribution >= 0.6 is 0 Å². The highest BCUT2D eigenvalue weighted by atomic mass is 19.4. The Morgan fingerprint density at radius 2 is 1.76 bits per heavy atom. The molecule has 4 nitrogen and oxygen atoms in total. The summed E-state index contributed by atoms with van der Waals surface area (Å²) in [6.07, 6.45) is -5.08. The summed E-state index contributed by atoms with van der Waals surface area (Å²) in [5.41, 5.74) is 3.15. The van der Waals surface area contributed by atoms with Crippen LogP contribution < -0.4 is 10.1 Å². The van der Waals surface area contributed by atoms with Crippen molar-refractivity contribution in [2.45, 2.75) is 12.7 Å². The Kier molecular flexibility index (Phi) is 5.97. The van der Waals surface area contributed by atoms with Crippen molar-refractivity contribution in [3.63, 3.8) is 0 Å². The molecule has 3 rings (SSSR count). The molecule has 0 aliphatic carbocycles. The summed E-state index contributed by atoms with van der Waals surface area (Å²) in [7, 11) is 0. The van der Waals surface area contributed by atoms with Gasteiger partial charge in [-0.3, -0.25) is 0 Å². The molecule has 0 aromatic heterocycles. The van der Waals surface area contributed by atoms with E-state index in [-0.39, 0.29) is 5.82 Å². The fraction of sp³-hybridized carbons (Fsp3) is 0.235. The van der Waals surface area contributed by atoms with Gasteiger partial charge in [0.15, 0.2) is 0 Å². The van der Waals surface area contributed by atoms with Gasteiger partial charge >= 0.3 is 12.1 Å². The molecule has 0 atom stereocenters. The van der Waals surface area contributed by atoms with Crippen molar-refractivity contribution < 1.29 is 32.2 Å². The zero-order valence-electron chi connectivity index (χ0n) is 12.9. The molecule has 0 radical (unpaired) electrons. The highest BCUT2D eigenvalue weighted by molar-refractivity contribution is 5.73. The zero-order chi connectivity index (χ0) is 18.4. The number of carboxylic acid groups (broad SMARTS) is 1. The van der Waals surface area contributed by atoms with Gasteiger partial charge in [-0.25, -0.2) is 9.18 Å². The van der Waals surface area contributed by atoms with Gasteiger partial charge in [0, 0.05) is 24.2 Å². The molecule has 134 valence electrons. The number of carboxylic acids is 1. The number of benzene rings is 2. The monoisotopic (exact) mass is 357 g/mol. The van der Waals surface area contributed by atoms with Crippen LogP contribution in [0.15, 0.2) is 42.5 Å². The molecule has 0 saturated carbocycles. The van der Waals surface area contributed by atoms with Gasteiger partial charge in [0.25, 0.3) is 0 Å². The number of ether oxygens (including phenoxy) is 1. The van der Waals surface area contributed by atoms with Crippen molar-refractivity contribution in [3.05, 3.63) is 53.8 Å².